The maximum atomic E-state index is 12.4. The Morgan fingerprint density at radius 2 is 1.84 bits per heavy atom. The number of amides is 2. The number of hydrogen-bond acceptors (Lipinski definition) is 4. The summed E-state index contributed by atoms with van der Waals surface area (Å²) in [5, 5.41) is 6.08. The standard InChI is InChI=1S/C25H35N3O3/c1-6-12-26-25(29)27-18(3)24-21-15-23(31-5)22(30-4)14-20(21)11-13-28(24)16-19-9-7-17(2)8-10-19/h7-10,14-15,18,24H,6,11-13,16H2,1-5H3,(H2,26,27,29)/t18-,24-/m0/s1. The summed E-state index contributed by atoms with van der Waals surface area (Å²) in [5.41, 5.74) is 4.94. The molecule has 0 aromatic heterocycles. The number of nitrogens with one attached hydrogen (secondary N) is 2. The van der Waals surface area contributed by atoms with Crippen LogP contribution in [0.25, 0.3) is 0 Å². The van der Waals surface area contributed by atoms with Crippen molar-refractivity contribution in [2.45, 2.75) is 52.2 Å². The quantitative estimate of drug-likeness (QED) is 0.665. The first-order valence-corrected chi connectivity index (χ1v) is 11.1. The van der Waals surface area contributed by atoms with Crippen molar-refractivity contribution in [3.63, 3.8) is 0 Å². The van der Waals surface area contributed by atoms with Crippen molar-refractivity contribution in [1.29, 1.82) is 0 Å². The van der Waals surface area contributed by atoms with E-state index >= 15 is 0 Å². The number of aryl methyl sites for hydroxylation is 1. The Kier molecular flexibility index (Phi) is 7.80. The zero-order valence-electron chi connectivity index (χ0n) is 19.3. The van der Waals surface area contributed by atoms with Gasteiger partial charge in [-0.3, -0.25) is 4.90 Å². The van der Waals surface area contributed by atoms with E-state index in [0.717, 1.165) is 31.7 Å². The zero-order chi connectivity index (χ0) is 22.4. The van der Waals surface area contributed by atoms with Crippen molar-refractivity contribution in [3.8, 4) is 11.5 Å². The van der Waals surface area contributed by atoms with Crippen LogP contribution in [0.5, 0.6) is 11.5 Å². The number of ether oxygens (including phenoxy) is 2. The van der Waals surface area contributed by atoms with Crippen molar-refractivity contribution >= 4 is 6.03 Å². The van der Waals surface area contributed by atoms with Crippen LogP contribution in [0.1, 0.15) is 48.6 Å². The number of carbonyl (C=O) groups excluding carboxylic acids is 1. The molecule has 168 valence electrons. The van der Waals surface area contributed by atoms with E-state index in [1.165, 1.54) is 22.3 Å². The largest absolute Gasteiger partial charge is 0.493 e. The summed E-state index contributed by atoms with van der Waals surface area (Å²) in [6.45, 7) is 8.61. The monoisotopic (exact) mass is 425 g/mol. The van der Waals surface area contributed by atoms with Crippen LogP contribution < -0.4 is 20.1 Å². The SMILES string of the molecule is CCCNC(=O)N[C@@H](C)[C@H]1c2cc(OC)c(OC)cc2CCN1Cc1ccc(C)cc1. The number of fused-ring (bicyclic) bond motifs is 1. The van der Waals surface area contributed by atoms with Gasteiger partial charge in [-0.05, 0) is 55.5 Å². The third-order valence-electron chi connectivity index (χ3n) is 5.90. The minimum Gasteiger partial charge on any atom is -0.493 e. The van der Waals surface area contributed by atoms with Crippen molar-refractivity contribution < 1.29 is 14.3 Å². The van der Waals surface area contributed by atoms with Gasteiger partial charge in [0.2, 0.25) is 0 Å². The average molecular weight is 426 g/mol. The lowest BCUT2D eigenvalue weighted by molar-refractivity contribution is 0.143. The molecule has 1 heterocycles. The third-order valence-corrected chi connectivity index (χ3v) is 5.90. The Morgan fingerprint density at radius 1 is 1.16 bits per heavy atom. The first-order valence-electron chi connectivity index (χ1n) is 11.1. The van der Waals surface area contributed by atoms with E-state index in [9.17, 15) is 4.79 Å². The number of methoxy groups -OCH3 is 2. The van der Waals surface area contributed by atoms with Crippen LogP contribution in [0.2, 0.25) is 0 Å². The Labute approximate surface area is 185 Å². The molecule has 2 aromatic carbocycles. The number of urea groups is 1. The minimum absolute atomic E-state index is 0.0252. The highest BCUT2D eigenvalue weighted by Crippen LogP contribution is 2.40. The second-order valence-electron chi connectivity index (χ2n) is 8.25. The van der Waals surface area contributed by atoms with E-state index in [4.69, 9.17) is 9.47 Å². The molecule has 0 spiro atoms. The summed E-state index contributed by atoms with van der Waals surface area (Å²) in [6, 6.07) is 12.6. The van der Waals surface area contributed by atoms with Gasteiger partial charge in [0.15, 0.2) is 11.5 Å². The normalized spacial score (nSPS) is 16.9. The molecule has 0 fully saturated rings. The minimum atomic E-state index is -0.128. The van der Waals surface area contributed by atoms with E-state index in [0.29, 0.717) is 12.3 Å². The van der Waals surface area contributed by atoms with Gasteiger partial charge in [0.1, 0.15) is 0 Å². The van der Waals surface area contributed by atoms with Crippen molar-refractivity contribution in [2.75, 3.05) is 27.3 Å². The second kappa shape index (κ2) is 10.5. The molecule has 6 nitrogen and oxygen atoms in total. The van der Waals surface area contributed by atoms with Gasteiger partial charge in [-0.2, -0.15) is 0 Å². The average Bonchev–Trinajstić information content (AvgIpc) is 2.77. The van der Waals surface area contributed by atoms with Crippen LogP contribution in [0.3, 0.4) is 0 Å². The lowest BCUT2D eigenvalue weighted by atomic mass is 9.87. The van der Waals surface area contributed by atoms with Crippen molar-refractivity contribution in [3.05, 3.63) is 58.7 Å². The Hall–Kier alpha value is -2.73. The zero-order valence-corrected chi connectivity index (χ0v) is 19.3. The molecule has 2 N–H and O–H groups in total. The molecular formula is C25H35N3O3. The molecule has 1 aliphatic rings. The molecule has 3 rings (SSSR count). The summed E-state index contributed by atoms with van der Waals surface area (Å²) in [4.78, 5) is 14.9. The fraction of sp³-hybridized carbons (Fsp3) is 0.480. The predicted molar refractivity (Wildman–Crippen MR) is 124 cm³/mol. The molecule has 0 saturated carbocycles. The number of hydrogen-bond donors (Lipinski definition) is 2. The van der Waals surface area contributed by atoms with E-state index < -0.39 is 0 Å². The van der Waals surface area contributed by atoms with Crippen LogP contribution in [0, 0.1) is 6.92 Å². The van der Waals surface area contributed by atoms with Gasteiger partial charge in [0.05, 0.1) is 20.3 Å². The van der Waals surface area contributed by atoms with Gasteiger partial charge in [-0.25, -0.2) is 4.79 Å². The predicted octanol–water partition coefficient (Wildman–Crippen LogP) is 4.21. The van der Waals surface area contributed by atoms with Crippen LogP contribution >= 0.6 is 0 Å². The van der Waals surface area contributed by atoms with Crippen LogP contribution in [-0.2, 0) is 13.0 Å². The molecule has 2 atom stereocenters. The summed E-state index contributed by atoms with van der Waals surface area (Å²) < 4.78 is 11.1. The van der Waals surface area contributed by atoms with Crippen LogP contribution in [0.15, 0.2) is 36.4 Å². The van der Waals surface area contributed by atoms with E-state index in [1.807, 2.05) is 6.92 Å². The summed E-state index contributed by atoms with van der Waals surface area (Å²) in [7, 11) is 3.32. The van der Waals surface area contributed by atoms with E-state index in [-0.39, 0.29) is 18.1 Å². The highest BCUT2D eigenvalue weighted by Gasteiger charge is 2.33. The first kappa shape index (κ1) is 22.9. The highest BCUT2D eigenvalue weighted by atomic mass is 16.5. The molecule has 2 aromatic rings. The number of rotatable bonds is 8. The molecule has 2 amide bonds. The molecule has 0 bridgehead atoms. The number of benzene rings is 2. The number of nitrogens with zero attached hydrogens (tertiary/aromatic N) is 1. The molecule has 0 unspecified atom stereocenters. The van der Waals surface area contributed by atoms with E-state index in [2.05, 4.69) is 65.8 Å². The van der Waals surface area contributed by atoms with E-state index in [1.54, 1.807) is 14.2 Å². The van der Waals surface area contributed by atoms with Gasteiger partial charge >= 0.3 is 6.03 Å². The lowest BCUT2D eigenvalue weighted by Gasteiger charge is -2.41. The Bertz CT molecular complexity index is 882. The van der Waals surface area contributed by atoms with Gasteiger partial charge in [0.25, 0.3) is 0 Å². The van der Waals surface area contributed by atoms with Crippen LogP contribution in [-0.4, -0.2) is 44.3 Å². The fourth-order valence-corrected chi connectivity index (χ4v) is 4.29. The molecule has 0 saturated heterocycles. The lowest BCUT2D eigenvalue weighted by Crippen LogP contribution is -2.49. The molecular weight excluding hydrogens is 390 g/mol. The summed E-state index contributed by atoms with van der Waals surface area (Å²) in [5.74, 6) is 1.46. The number of carbonyl (C=O) groups is 1. The van der Waals surface area contributed by atoms with Crippen molar-refractivity contribution in [1.82, 2.24) is 15.5 Å². The van der Waals surface area contributed by atoms with Crippen LogP contribution in [0.4, 0.5) is 4.79 Å². The summed E-state index contributed by atoms with van der Waals surface area (Å²) >= 11 is 0. The Morgan fingerprint density at radius 3 is 2.48 bits per heavy atom. The maximum absolute atomic E-state index is 12.4. The van der Waals surface area contributed by atoms with Gasteiger partial charge in [-0.1, -0.05) is 36.8 Å². The molecule has 0 aliphatic carbocycles. The molecule has 6 heteroatoms. The highest BCUT2D eigenvalue weighted by molar-refractivity contribution is 5.74. The molecule has 1 aliphatic heterocycles. The molecule has 0 radical (unpaired) electrons. The smallest absolute Gasteiger partial charge is 0.315 e. The Balaban J connectivity index is 1.93. The maximum Gasteiger partial charge on any atom is 0.315 e. The second-order valence-corrected chi connectivity index (χ2v) is 8.25. The molecule has 31 heavy (non-hydrogen) atoms. The van der Waals surface area contributed by atoms with Gasteiger partial charge < -0.3 is 20.1 Å². The van der Waals surface area contributed by atoms with Gasteiger partial charge in [-0.15, -0.1) is 0 Å². The van der Waals surface area contributed by atoms with Crippen molar-refractivity contribution in [2.24, 2.45) is 0 Å². The fourth-order valence-electron chi connectivity index (χ4n) is 4.29. The third kappa shape index (κ3) is 5.50. The van der Waals surface area contributed by atoms with Gasteiger partial charge in [0, 0.05) is 25.7 Å². The summed E-state index contributed by atoms with van der Waals surface area (Å²) in [6.07, 6.45) is 1.83. The first-order chi connectivity index (χ1) is 15.0. The topological polar surface area (TPSA) is 62.8 Å².